The zero-order chi connectivity index (χ0) is 17.1. The van der Waals surface area contributed by atoms with Crippen LogP contribution in [0.15, 0.2) is 53.5 Å². The second kappa shape index (κ2) is 6.81. The van der Waals surface area contributed by atoms with Crippen LogP contribution in [0, 0.1) is 11.3 Å². The Morgan fingerprint density at radius 1 is 1.28 bits per heavy atom. The SMILES string of the molecule is N#Cc1nc([C@@H]2C[C@H]2c2ccccc2)oc1NCCCn1ccnc1. The first-order chi connectivity index (χ1) is 12.3. The predicted molar refractivity (Wildman–Crippen MR) is 93.1 cm³/mol. The van der Waals surface area contributed by atoms with Gasteiger partial charge in [0, 0.05) is 31.4 Å². The third kappa shape index (κ3) is 3.41. The number of nitrogens with one attached hydrogen (secondary N) is 1. The number of rotatable bonds is 7. The van der Waals surface area contributed by atoms with Crippen LogP contribution in [0.5, 0.6) is 0 Å². The quantitative estimate of drug-likeness (QED) is 0.669. The van der Waals surface area contributed by atoms with Gasteiger partial charge in [-0.1, -0.05) is 30.3 Å². The molecule has 1 aliphatic rings. The molecule has 0 aliphatic heterocycles. The number of imidazole rings is 1. The lowest BCUT2D eigenvalue weighted by Gasteiger charge is -2.03. The number of nitriles is 1. The van der Waals surface area contributed by atoms with Crippen molar-refractivity contribution in [3.63, 3.8) is 0 Å². The van der Waals surface area contributed by atoms with E-state index in [9.17, 15) is 5.26 Å². The summed E-state index contributed by atoms with van der Waals surface area (Å²) >= 11 is 0. The van der Waals surface area contributed by atoms with Crippen molar-refractivity contribution in [2.24, 2.45) is 0 Å². The van der Waals surface area contributed by atoms with Crippen LogP contribution in [0.1, 0.15) is 41.8 Å². The van der Waals surface area contributed by atoms with E-state index in [-0.39, 0.29) is 5.92 Å². The van der Waals surface area contributed by atoms with Gasteiger partial charge in [0.05, 0.1) is 6.33 Å². The molecule has 0 bridgehead atoms. The first kappa shape index (κ1) is 15.5. The molecule has 0 radical (unpaired) electrons. The van der Waals surface area contributed by atoms with Gasteiger partial charge in [0.15, 0.2) is 0 Å². The number of anilines is 1. The summed E-state index contributed by atoms with van der Waals surface area (Å²) in [5.74, 6) is 1.88. The largest absolute Gasteiger partial charge is 0.424 e. The highest BCUT2D eigenvalue weighted by atomic mass is 16.4. The summed E-state index contributed by atoms with van der Waals surface area (Å²) < 4.78 is 7.88. The van der Waals surface area contributed by atoms with Crippen molar-refractivity contribution >= 4 is 5.88 Å². The summed E-state index contributed by atoms with van der Waals surface area (Å²) in [6.07, 6.45) is 7.43. The number of hydrogen-bond acceptors (Lipinski definition) is 5. The Labute approximate surface area is 146 Å². The minimum Gasteiger partial charge on any atom is -0.424 e. The zero-order valence-electron chi connectivity index (χ0n) is 13.8. The number of hydrogen-bond donors (Lipinski definition) is 1. The second-order valence-electron chi connectivity index (χ2n) is 6.28. The molecule has 0 unspecified atom stereocenters. The summed E-state index contributed by atoms with van der Waals surface area (Å²) in [6.45, 7) is 1.59. The fraction of sp³-hybridized carbons (Fsp3) is 0.316. The fourth-order valence-corrected chi connectivity index (χ4v) is 3.11. The average molecular weight is 333 g/mol. The number of oxazole rings is 1. The van der Waals surface area contributed by atoms with Crippen LogP contribution in [0.4, 0.5) is 5.88 Å². The van der Waals surface area contributed by atoms with E-state index < -0.39 is 0 Å². The molecule has 2 atom stereocenters. The molecule has 0 spiro atoms. The van der Waals surface area contributed by atoms with E-state index in [1.54, 1.807) is 12.5 Å². The summed E-state index contributed by atoms with van der Waals surface area (Å²) in [6, 6.07) is 12.5. The van der Waals surface area contributed by atoms with E-state index in [0.717, 1.165) is 19.4 Å². The van der Waals surface area contributed by atoms with Crippen LogP contribution in [-0.4, -0.2) is 21.1 Å². The van der Waals surface area contributed by atoms with Gasteiger partial charge < -0.3 is 14.3 Å². The molecular formula is C19H19N5O. The van der Waals surface area contributed by atoms with Crippen molar-refractivity contribution in [3.05, 3.63) is 66.2 Å². The molecule has 0 amide bonds. The zero-order valence-corrected chi connectivity index (χ0v) is 13.8. The highest BCUT2D eigenvalue weighted by Crippen LogP contribution is 2.54. The molecule has 1 fully saturated rings. The van der Waals surface area contributed by atoms with E-state index in [0.29, 0.717) is 29.9 Å². The maximum Gasteiger partial charge on any atom is 0.232 e. The van der Waals surface area contributed by atoms with E-state index in [1.165, 1.54) is 5.56 Å². The summed E-state index contributed by atoms with van der Waals surface area (Å²) in [5, 5.41) is 12.5. The lowest BCUT2D eigenvalue weighted by Crippen LogP contribution is -2.06. The third-order valence-electron chi connectivity index (χ3n) is 4.52. The molecule has 25 heavy (non-hydrogen) atoms. The van der Waals surface area contributed by atoms with Crippen LogP contribution in [0.3, 0.4) is 0 Å². The Hall–Kier alpha value is -3.07. The van der Waals surface area contributed by atoms with Gasteiger partial charge in [-0.25, -0.2) is 9.97 Å². The predicted octanol–water partition coefficient (Wildman–Crippen LogP) is 3.52. The average Bonchev–Trinajstić information content (AvgIpc) is 3.08. The van der Waals surface area contributed by atoms with E-state index in [4.69, 9.17) is 4.42 Å². The number of benzene rings is 1. The van der Waals surface area contributed by atoms with E-state index >= 15 is 0 Å². The molecule has 1 aromatic carbocycles. The van der Waals surface area contributed by atoms with Crippen molar-refractivity contribution in [3.8, 4) is 6.07 Å². The molecule has 4 rings (SSSR count). The topological polar surface area (TPSA) is 79.7 Å². The van der Waals surface area contributed by atoms with Crippen LogP contribution >= 0.6 is 0 Å². The normalized spacial score (nSPS) is 18.7. The second-order valence-corrected chi connectivity index (χ2v) is 6.28. The Morgan fingerprint density at radius 3 is 2.92 bits per heavy atom. The molecule has 1 aliphatic carbocycles. The monoisotopic (exact) mass is 333 g/mol. The smallest absolute Gasteiger partial charge is 0.232 e. The van der Waals surface area contributed by atoms with Gasteiger partial charge in [-0.3, -0.25) is 0 Å². The number of aryl methyl sites for hydroxylation is 1. The highest BCUT2D eigenvalue weighted by Gasteiger charge is 2.43. The molecule has 126 valence electrons. The number of aromatic nitrogens is 3. The van der Waals surface area contributed by atoms with Gasteiger partial charge in [-0.2, -0.15) is 5.26 Å². The molecule has 6 nitrogen and oxygen atoms in total. The molecule has 1 N–H and O–H groups in total. The van der Waals surface area contributed by atoms with Crippen molar-refractivity contribution in [1.82, 2.24) is 14.5 Å². The van der Waals surface area contributed by atoms with Crippen molar-refractivity contribution in [2.45, 2.75) is 31.2 Å². The standard InChI is InChI=1S/C19H19N5O/c20-12-17-19(22-7-4-9-24-10-8-21-13-24)25-18(23-17)16-11-15(16)14-5-2-1-3-6-14/h1-3,5-6,8,10,13,15-16,22H,4,7,9,11H2/t15-,16+/m0/s1. The molecule has 2 aromatic heterocycles. The summed E-state index contributed by atoms with van der Waals surface area (Å²) in [4.78, 5) is 8.41. The molecule has 2 heterocycles. The lowest BCUT2D eigenvalue weighted by molar-refractivity contribution is 0.503. The number of nitrogens with zero attached hydrogens (tertiary/aromatic N) is 4. The first-order valence-corrected chi connectivity index (χ1v) is 8.50. The van der Waals surface area contributed by atoms with Crippen LogP contribution in [-0.2, 0) is 6.54 Å². The van der Waals surface area contributed by atoms with Crippen molar-refractivity contribution in [2.75, 3.05) is 11.9 Å². The van der Waals surface area contributed by atoms with Gasteiger partial charge >= 0.3 is 0 Å². The maximum absolute atomic E-state index is 9.30. The first-order valence-electron chi connectivity index (χ1n) is 8.50. The van der Waals surface area contributed by atoms with Gasteiger partial charge in [0.2, 0.25) is 17.5 Å². The molecule has 3 aromatic rings. The van der Waals surface area contributed by atoms with Gasteiger partial charge in [-0.05, 0) is 24.3 Å². The van der Waals surface area contributed by atoms with E-state index in [2.05, 4.69) is 33.5 Å². The maximum atomic E-state index is 9.30. The molecule has 0 saturated heterocycles. The van der Waals surface area contributed by atoms with Crippen LogP contribution in [0.2, 0.25) is 0 Å². The third-order valence-corrected chi connectivity index (χ3v) is 4.52. The van der Waals surface area contributed by atoms with Gasteiger partial charge in [0.1, 0.15) is 6.07 Å². The van der Waals surface area contributed by atoms with Crippen molar-refractivity contribution in [1.29, 1.82) is 5.26 Å². The lowest BCUT2D eigenvalue weighted by atomic mass is 10.1. The molecule has 1 saturated carbocycles. The highest BCUT2D eigenvalue weighted by molar-refractivity contribution is 5.46. The minimum absolute atomic E-state index is 0.274. The molecule has 6 heteroatoms. The Bertz CT molecular complexity index is 863. The van der Waals surface area contributed by atoms with E-state index in [1.807, 2.05) is 29.0 Å². The van der Waals surface area contributed by atoms with Gasteiger partial charge in [-0.15, -0.1) is 0 Å². The van der Waals surface area contributed by atoms with Crippen LogP contribution < -0.4 is 5.32 Å². The van der Waals surface area contributed by atoms with Gasteiger partial charge in [0.25, 0.3) is 0 Å². The Balaban J connectivity index is 1.36. The summed E-state index contributed by atoms with van der Waals surface area (Å²) in [7, 11) is 0. The Kier molecular flexibility index (Phi) is 4.21. The van der Waals surface area contributed by atoms with Crippen molar-refractivity contribution < 1.29 is 4.42 Å². The fourth-order valence-electron chi connectivity index (χ4n) is 3.11. The summed E-state index contributed by atoms with van der Waals surface area (Å²) in [5.41, 5.74) is 1.65. The molecular weight excluding hydrogens is 314 g/mol. The van der Waals surface area contributed by atoms with Crippen LogP contribution in [0.25, 0.3) is 0 Å². The minimum atomic E-state index is 0.274. The Morgan fingerprint density at radius 2 is 2.16 bits per heavy atom.